The number of hydrogen-bond donors (Lipinski definition) is 0. The molecule has 6 heteroatoms. The highest BCUT2D eigenvalue weighted by Gasteiger charge is 2.58. The molecule has 0 amide bonds. The summed E-state index contributed by atoms with van der Waals surface area (Å²) < 4.78 is 19.7. The van der Waals surface area contributed by atoms with E-state index in [4.69, 9.17) is 4.74 Å². The van der Waals surface area contributed by atoms with Crippen LogP contribution in [0.25, 0.3) is 0 Å². The number of esters is 1. The molecule has 1 saturated heterocycles. The van der Waals surface area contributed by atoms with Gasteiger partial charge in [-0.05, 0) is 62.7 Å². The van der Waals surface area contributed by atoms with E-state index in [9.17, 15) is 18.8 Å². The smallest absolute Gasteiger partial charge is 0.320 e. The molecule has 1 aliphatic rings. The monoisotopic (exact) mass is 446 g/mol. The van der Waals surface area contributed by atoms with Crippen molar-refractivity contribution in [2.24, 2.45) is 10.8 Å². The van der Waals surface area contributed by atoms with Crippen LogP contribution in [0.4, 0.5) is 4.39 Å². The Kier molecular flexibility index (Phi) is 5.28. The van der Waals surface area contributed by atoms with Crippen LogP contribution >= 0.6 is 15.9 Å². The number of ether oxygens (including phenoxy) is 1. The van der Waals surface area contributed by atoms with E-state index >= 15 is 0 Å². The molecule has 2 aromatic carbocycles. The number of cyclic esters (lactones) is 1. The second kappa shape index (κ2) is 7.24. The van der Waals surface area contributed by atoms with E-state index in [0.717, 1.165) is 4.47 Å². The molecule has 4 nitrogen and oxygen atoms in total. The van der Waals surface area contributed by atoms with Gasteiger partial charge in [0.1, 0.15) is 17.3 Å². The summed E-state index contributed by atoms with van der Waals surface area (Å²) in [6, 6.07) is 12.2. The average Bonchev–Trinajstić information content (AvgIpc) is 2.65. The van der Waals surface area contributed by atoms with Crippen LogP contribution in [0, 0.1) is 16.6 Å². The van der Waals surface area contributed by atoms with Crippen LogP contribution in [0.3, 0.4) is 0 Å². The van der Waals surface area contributed by atoms with Crippen LogP contribution in [-0.4, -0.2) is 17.5 Å². The molecule has 0 N–H and O–H groups in total. The third-order valence-electron chi connectivity index (χ3n) is 5.27. The van der Waals surface area contributed by atoms with Crippen molar-refractivity contribution in [2.45, 2.75) is 33.3 Å². The zero-order chi connectivity index (χ0) is 20.7. The van der Waals surface area contributed by atoms with Crippen LogP contribution in [0.15, 0.2) is 53.0 Å². The molecular formula is C22H20BrFO4. The van der Waals surface area contributed by atoms with Gasteiger partial charge in [-0.15, -0.1) is 0 Å². The van der Waals surface area contributed by atoms with Gasteiger partial charge in [0.25, 0.3) is 0 Å². The minimum atomic E-state index is -1.60. The molecular weight excluding hydrogens is 427 g/mol. The topological polar surface area (TPSA) is 60.4 Å². The van der Waals surface area contributed by atoms with Gasteiger partial charge in [0.05, 0.1) is 5.41 Å². The molecule has 0 saturated carbocycles. The van der Waals surface area contributed by atoms with Gasteiger partial charge in [-0.3, -0.25) is 14.4 Å². The Morgan fingerprint density at radius 3 is 2.18 bits per heavy atom. The maximum absolute atomic E-state index is 13.3. The molecule has 2 aromatic rings. The summed E-state index contributed by atoms with van der Waals surface area (Å²) in [4.78, 5) is 38.8. The minimum Gasteiger partial charge on any atom is -0.456 e. The average molecular weight is 447 g/mol. The molecule has 0 unspecified atom stereocenters. The number of rotatable bonds is 4. The third-order valence-corrected chi connectivity index (χ3v) is 5.80. The summed E-state index contributed by atoms with van der Waals surface area (Å²) in [7, 11) is 0. The number of hydrogen-bond acceptors (Lipinski definition) is 4. The molecule has 2 atom stereocenters. The molecule has 1 fully saturated rings. The summed E-state index contributed by atoms with van der Waals surface area (Å²) in [6.07, 6.45) is -1.07. The molecule has 28 heavy (non-hydrogen) atoms. The van der Waals surface area contributed by atoms with E-state index in [2.05, 4.69) is 15.9 Å². The first kappa shape index (κ1) is 20.4. The molecule has 146 valence electrons. The Labute approximate surface area is 171 Å². The number of benzene rings is 2. The first-order valence-corrected chi connectivity index (χ1v) is 9.65. The Bertz CT molecular complexity index is 934. The van der Waals surface area contributed by atoms with Crippen molar-refractivity contribution in [3.8, 4) is 0 Å². The lowest BCUT2D eigenvalue weighted by Crippen LogP contribution is -2.54. The summed E-state index contributed by atoms with van der Waals surface area (Å²) >= 11 is 3.36. The maximum Gasteiger partial charge on any atom is 0.320 e. The van der Waals surface area contributed by atoms with Gasteiger partial charge >= 0.3 is 5.97 Å². The Balaban J connectivity index is 1.90. The second-order valence-electron chi connectivity index (χ2n) is 7.83. The number of carbonyl (C=O) groups excluding carboxylic acids is 3. The van der Waals surface area contributed by atoms with Crippen LogP contribution < -0.4 is 0 Å². The van der Waals surface area contributed by atoms with E-state index in [1.54, 1.807) is 26.0 Å². The zero-order valence-corrected chi connectivity index (χ0v) is 17.4. The van der Waals surface area contributed by atoms with Gasteiger partial charge in [-0.1, -0.05) is 28.1 Å². The molecule has 3 rings (SSSR count). The highest BCUT2D eigenvalue weighted by atomic mass is 79.9. The molecule has 0 aromatic heterocycles. The van der Waals surface area contributed by atoms with Gasteiger partial charge in [0, 0.05) is 16.5 Å². The van der Waals surface area contributed by atoms with Crippen molar-refractivity contribution >= 4 is 33.5 Å². The number of halogens is 2. The van der Waals surface area contributed by atoms with Gasteiger partial charge in [-0.25, -0.2) is 4.39 Å². The van der Waals surface area contributed by atoms with E-state index in [1.807, 2.05) is 12.1 Å². The van der Waals surface area contributed by atoms with Gasteiger partial charge in [0.15, 0.2) is 11.6 Å². The standard InChI is InChI=1S/C22H20BrFO4/c1-21(2)18(14-4-8-15(23)9-5-14)28-20(27)22(3,19(21)26)12-17(25)13-6-10-16(24)11-7-13/h4-11,18H,12H2,1-3H3/t18-,22-/m1/s1. The first-order chi connectivity index (χ1) is 13.1. The highest BCUT2D eigenvalue weighted by molar-refractivity contribution is 9.10. The fourth-order valence-corrected chi connectivity index (χ4v) is 3.91. The van der Waals surface area contributed by atoms with Crippen molar-refractivity contribution in [3.05, 3.63) is 69.9 Å². The number of carbonyl (C=O) groups is 3. The fourth-order valence-electron chi connectivity index (χ4n) is 3.64. The van der Waals surface area contributed by atoms with Crippen molar-refractivity contribution in [2.75, 3.05) is 0 Å². The quantitative estimate of drug-likeness (QED) is 0.374. The molecule has 0 radical (unpaired) electrons. The highest BCUT2D eigenvalue weighted by Crippen LogP contribution is 2.49. The van der Waals surface area contributed by atoms with Crippen LogP contribution in [0.5, 0.6) is 0 Å². The lowest BCUT2D eigenvalue weighted by Gasteiger charge is -2.44. The van der Waals surface area contributed by atoms with Crippen molar-refractivity contribution in [1.29, 1.82) is 0 Å². The van der Waals surface area contributed by atoms with Crippen LogP contribution in [0.1, 0.15) is 49.2 Å². The molecule has 0 aliphatic carbocycles. The maximum atomic E-state index is 13.3. The van der Waals surface area contributed by atoms with Crippen LogP contribution in [0.2, 0.25) is 0 Å². The Morgan fingerprint density at radius 1 is 1.04 bits per heavy atom. The second-order valence-corrected chi connectivity index (χ2v) is 8.74. The predicted molar refractivity (Wildman–Crippen MR) is 105 cm³/mol. The van der Waals surface area contributed by atoms with Crippen LogP contribution in [-0.2, 0) is 14.3 Å². The zero-order valence-electron chi connectivity index (χ0n) is 15.8. The van der Waals surface area contributed by atoms with Gasteiger partial charge in [-0.2, -0.15) is 0 Å². The SMILES string of the molecule is CC1(C)C(=O)[C@@](C)(CC(=O)c2ccc(F)cc2)C(=O)O[C@@H]1c1ccc(Br)cc1. The lowest BCUT2D eigenvalue weighted by atomic mass is 9.64. The molecule has 1 heterocycles. The van der Waals surface area contributed by atoms with Gasteiger partial charge in [0.2, 0.25) is 0 Å². The first-order valence-electron chi connectivity index (χ1n) is 8.86. The molecule has 0 spiro atoms. The summed E-state index contributed by atoms with van der Waals surface area (Å²) in [5.74, 6) is -1.94. The number of ketones is 2. The van der Waals surface area contributed by atoms with E-state index in [0.29, 0.717) is 5.56 Å². The lowest BCUT2D eigenvalue weighted by molar-refractivity contribution is -0.187. The Morgan fingerprint density at radius 2 is 1.61 bits per heavy atom. The van der Waals surface area contributed by atoms with Crippen molar-refractivity contribution in [1.82, 2.24) is 0 Å². The normalized spacial score (nSPS) is 24.0. The largest absolute Gasteiger partial charge is 0.456 e. The fraction of sp³-hybridized carbons (Fsp3) is 0.318. The minimum absolute atomic E-state index is 0.246. The van der Waals surface area contributed by atoms with E-state index < -0.39 is 34.5 Å². The predicted octanol–water partition coefficient (Wildman–Crippen LogP) is 5.06. The van der Waals surface area contributed by atoms with E-state index in [-0.39, 0.29) is 17.8 Å². The van der Waals surface area contributed by atoms with Gasteiger partial charge < -0.3 is 4.74 Å². The third kappa shape index (κ3) is 3.53. The van der Waals surface area contributed by atoms with E-state index in [1.165, 1.54) is 31.2 Å². The van der Waals surface area contributed by atoms with Crippen molar-refractivity contribution < 1.29 is 23.5 Å². The molecule has 0 bridgehead atoms. The van der Waals surface area contributed by atoms with Crippen molar-refractivity contribution in [3.63, 3.8) is 0 Å². The Hall–Kier alpha value is -2.34. The summed E-state index contributed by atoms with van der Waals surface area (Å²) in [6.45, 7) is 4.88. The molecule has 1 aliphatic heterocycles. The summed E-state index contributed by atoms with van der Waals surface area (Å²) in [5, 5.41) is 0. The number of Topliss-reactive ketones (excluding diaryl/α,β-unsaturated/α-hetero) is 2. The summed E-state index contributed by atoms with van der Waals surface area (Å²) in [5.41, 5.74) is -1.65.